The van der Waals surface area contributed by atoms with Gasteiger partial charge in [0.2, 0.25) is 5.91 Å². The smallest absolute Gasteiger partial charge is 0.225 e. The second-order valence-electron chi connectivity index (χ2n) is 4.22. The first-order chi connectivity index (χ1) is 7.15. The van der Waals surface area contributed by atoms with E-state index in [2.05, 4.69) is 5.32 Å². The van der Waals surface area contributed by atoms with Crippen LogP contribution < -0.4 is 5.32 Å². The third-order valence-electron chi connectivity index (χ3n) is 2.89. The van der Waals surface area contributed by atoms with Crippen LogP contribution in [0.15, 0.2) is 0 Å². The van der Waals surface area contributed by atoms with Gasteiger partial charge >= 0.3 is 0 Å². The van der Waals surface area contributed by atoms with Crippen LogP contribution in [-0.2, 0) is 9.53 Å². The Morgan fingerprint density at radius 3 is 2.93 bits per heavy atom. The minimum Gasteiger partial charge on any atom is -0.374 e. The highest BCUT2D eigenvalue weighted by Gasteiger charge is 2.21. The first-order valence-corrected chi connectivity index (χ1v) is 5.72. The van der Waals surface area contributed by atoms with Gasteiger partial charge in [-0.25, -0.2) is 0 Å². The number of morpholine rings is 1. The molecule has 0 aromatic heterocycles. The molecule has 0 bridgehead atoms. The molecule has 0 aromatic rings. The molecular formula is C11H22N2O2. The average molecular weight is 214 g/mol. The Balaban J connectivity index is 2.33. The Bertz CT molecular complexity index is 203. The van der Waals surface area contributed by atoms with Crippen molar-refractivity contribution in [1.82, 2.24) is 10.2 Å². The van der Waals surface area contributed by atoms with Crippen LogP contribution in [0, 0.1) is 5.92 Å². The van der Waals surface area contributed by atoms with Crippen molar-refractivity contribution in [1.29, 1.82) is 0 Å². The van der Waals surface area contributed by atoms with Crippen LogP contribution in [0.3, 0.4) is 0 Å². The number of likely N-dealkylation sites (N-methyl/N-ethyl adjacent to an activating group) is 1. The number of amides is 1. The number of hydrogen-bond acceptors (Lipinski definition) is 3. The summed E-state index contributed by atoms with van der Waals surface area (Å²) in [5.74, 6) is 0.332. The number of carbonyl (C=O) groups is 1. The van der Waals surface area contributed by atoms with Crippen LogP contribution in [0.5, 0.6) is 0 Å². The Morgan fingerprint density at radius 2 is 2.40 bits per heavy atom. The molecule has 88 valence electrons. The molecule has 0 radical (unpaired) electrons. The lowest BCUT2D eigenvalue weighted by atomic mass is 10.1. The van der Waals surface area contributed by atoms with E-state index in [0.29, 0.717) is 6.54 Å². The summed E-state index contributed by atoms with van der Waals surface area (Å²) < 4.78 is 5.56. The zero-order valence-electron chi connectivity index (χ0n) is 9.95. The van der Waals surface area contributed by atoms with Gasteiger partial charge in [0.1, 0.15) is 0 Å². The summed E-state index contributed by atoms with van der Waals surface area (Å²) in [6.45, 7) is 7.21. The molecule has 1 fully saturated rings. The van der Waals surface area contributed by atoms with Crippen molar-refractivity contribution in [3.8, 4) is 0 Å². The fourth-order valence-corrected chi connectivity index (χ4v) is 1.68. The molecule has 1 aliphatic heterocycles. The van der Waals surface area contributed by atoms with Crippen LogP contribution in [0.1, 0.15) is 20.3 Å². The van der Waals surface area contributed by atoms with Crippen LogP contribution in [0.4, 0.5) is 0 Å². The lowest BCUT2D eigenvalue weighted by Crippen LogP contribution is -2.46. The largest absolute Gasteiger partial charge is 0.374 e. The predicted octanol–water partition coefficient (Wildman–Crippen LogP) is 0.479. The van der Waals surface area contributed by atoms with Crippen molar-refractivity contribution in [2.75, 3.05) is 33.3 Å². The standard InChI is InChI=1S/C11H22N2O2/c1-4-9(2)11(14)13(3)8-10-7-12-5-6-15-10/h9-10,12H,4-8H2,1-3H3. The van der Waals surface area contributed by atoms with E-state index < -0.39 is 0 Å². The molecule has 1 aliphatic rings. The van der Waals surface area contributed by atoms with Crippen LogP contribution in [-0.4, -0.2) is 50.2 Å². The summed E-state index contributed by atoms with van der Waals surface area (Å²) in [5, 5.41) is 3.26. The quantitative estimate of drug-likeness (QED) is 0.740. The molecule has 0 aromatic carbocycles. The number of nitrogens with zero attached hydrogens (tertiary/aromatic N) is 1. The minimum absolute atomic E-state index is 0.117. The first kappa shape index (κ1) is 12.5. The summed E-state index contributed by atoms with van der Waals surface area (Å²) in [6.07, 6.45) is 1.05. The second-order valence-corrected chi connectivity index (χ2v) is 4.22. The highest BCUT2D eigenvalue weighted by atomic mass is 16.5. The van der Waals surface area contributed by atoms with Crippen molar-refractivity contribution in [3.05, 3.63) is 0 Å². The number of carbonyl (C=O) groups excluding carboxylic acids is 1. The van der Waals surface area contributed by atoms with Gasteiger partial charge in [-0.3, -0.25) is 4.79 Å². The van der Waals surface area contributed by atoms with E-state index >= 15 is 0 Å². The van der Waals surface area contributed by atoms with E-state index in [9.17, 15) is 4.79 Å². The maximum Gasteiger partial charge on any atom is 0.225 e. The van der Waals surface area contributed by atoms with Crippen molar-refractivity contribution in [3.63, 3.8) is 0 Å². The minimum atomic E-state index is 0.117. The van der Waals surface area contributed by atoms with Crippen molar-refractivity contribution < 1.29 is 9.53 Å². The van der Waals surface area contributed by atoms with E-state index in [1.165, 1.54) is 0 Å². The third-order valence-corrected chi connectivity index (χ3v) is 2.89. The molecule has 0 aliphatic carbocycles. The monoisotopic (exact) mass is 214 g/mol. The van der Waals surface area contributed by atoms with Gasteiger partial charge in [0.25, 0.3) is 0 Å². The molecule has 1 N–H and O–H groups in total. The van der Waals surface area contributed by atoms with E-state index in [1.807, 2.05) is 20.9 Å². The first-order valence-electron chi connectivity index (χ1n) is 5.72. The van der Waals surface area contributed by atoms with E-state index in [1.54, 1.807) is 4.90 Å². The molecule has 15 heavy (non-hydrogen) atoms. The molecule has 0 spiro atoms. The molecule has 1 heterocycles. The molecule has 0 saturated carbocycles. The van der Waals surface area contributed by atoms with Gasteiger partial charge in [0.15, 0.2) is 0 Å². The summed E-state index contributed by atoms with van der Waals surface area (Å²) >= 11 is 0. The van der Waals surface area contributed by atoms with Crippen molar-refractivity contribution in [2.24, 2.45) is 5.92 Å². The van der Waals surface area contributed by atoms with Gasteiger partial charge in [-0.15, -0.1) is 0 Å². The fourth-order valence-electron chi connectivity index (χ4n) is 1.68. The molecule has 1 rings (SSSR count). The van der Waals surface area contributed by atoms with Crippen LogP contribution in [0.2, 0.25) is 0 Å². The van der Waals surface area contributed by atoms with Gasteiger partial charge in [-0.2, -0.15) is 0 Å². The molecule has 2 unspecified atom stereocenters. The highest BCUT2D eigenvalue weighted by molar-refractivity contribution is 5.78. The van der Waals surface area contributed by atoms with Crippen molar-refractivity contribution >= 4 is 5.91 Å². The van der Waals surface area contributed by atoms with Gasteiger partial charge < -0.3 is 15.0 Å². The number of hydrogen-bond donors (Lipinski definition) is 1. The zero-order valence-corrected chi connectivity index (χ0v) is 9.95. The highest BCUT2D eigenvalue weighted by Crippen LogP contribution is 2.07. The maximum absolute atomic E-state index is 11.8. The van der Waals surface area contributed by atoms with Gasteiger partial charge in [0, 0.05) is 32.6 Å². The lowest BCUT2D eigenvalue weighted by molar-refractivity contribution is -0.135. The molecule has 4 nitrogen and oxygen atoms in total. The van der Waals surface area contributed by atoms with Crippen molar-refractivity contribution in [2.45, 2.75) is 26.4 Å². The fraction of sp³-hybridized carbons (Fsp3) is 0.909. The summed E-state index contributed by atoms with van der Waals surface area (Å²) in [7, 11) is 1.85. The Hall–Kier alpha value is -0.610. The summed E-state index contributed by atoms with van der Waals surface area (Å²) in [6, 6.07) is 0. The van der Waals surface area contributed by atoms with Crippen LogP contribution >= 0.6 is 0 Å². The van der Waals surface area contributed by atoms with E-state index in [-0.39, 0.29) is 17.9 Å². The van der Waals surface area contributed by atoms with Gasteiger partial charge in [0.05, 0.1) is 12.7 Å². The van der Waals surface area contributed by atoms with Gasteiger partial charge in [-0.05, 0) is 6.42 Å². The Kier molecular flexibility index (Phi) is 5.05. The normalized spacial score (nSPS) is 23.5. The predicted molar refractivity (Wildman–Crippen MR) is 59.7 cm³/mol. The topological polar surface area (TPSA) is 41.6 Å². The molecule has 4 heteroatoms. The number of nitrogens with one attached hydrogen (secondary N) is 1. The second kappa shape index (κ2) is 6.08. The number of rotatable bonds is 4. The number of ether oxygens (including phenoxy) is 1. The average Bonchev–Trinajstić information content (AvgIpc) is 2.28. The molecule has 1 saturated heterocycles. The molecule has 2 atom stereocenters. The Labute approximate surface area is 92.0 Å². The zero-order chi connectivity index (χ0) is 11.3. The third kappa shape index (κ3) is 3.80. The Morgan fingerprint density at radius 1 is 1.67 bits per heavy atom. The van der Waals surface area contributed by atoms with Crippen LogP contribution in [0.25, 0.3) is 0 Å². The van der Waals surface area contributed by atoms with Gasteiger partial charge in [-0.1, -0.05) is 13.8 Å². The van der Waals surface area contributed by atoms with E-state index in [0.717, 1.165) is 26.1 Å². The maximum atomic E-state index is 11.8. The van der Waals surface area contributed by atoms with E-state index in [4.69, 9.17) is 4.74 Å². The molecular weight excluding hydrogens is 192 g/mol. The molecule has 1 amide bonds. The lowest BCUT2D eigenvalue weighted by Gasteiger charge is -2.29. The SMILES string of the molecule is CCC(C)C(=O)N(C)CC1CNCCO1. The summed E-state index contributed by atoms with van der Waals surface area (Å²) in [4.78, 5) is 13.6. The summed E-state index contributed by atoms with van der Waals surface area (Å²) in [5.41, 5.74) is 0.